The molecule has 0 atom stereocenters. The van der Waals surface area contributed by atoms with Gasteiger partial charge in [0.15, 0.2) is 0 Å². The highest BCUT2D eigenvalue weighted by Gasteiger charge is 2.06. The van der Waals surface area contributed by atoms with Gasteiger partial charge in [0.2, 0.25) is 0 Å². The third-order valence-corrected chi connectivity index (χ3v) is 3.56. The Morgan fingerprint density at radius 2 is 2.10 bits per heavy atom. The summed E-state index contributed by atoms with van der Waals surface area (Å²) >= 11 is 5.17. The number of hydrogen-bond donors (Lipinski definition) is 0. The summed E-state index contributed by atoms with van der Waals surface area (Å²) in [5, 5.41) is 1.21. The zero-order chi connectivity index (χ0) is 7.72. The van der Waals surface area contributed by atoms with Crippen LogP contribution < -0.4 is 0 Å². The van der Waals surface area contributed by atoms with E-state index in [1.54, 1.807) is 11.3 Å². The van der Waals surface area contributed by atoms with E-state index in [4.69, 9.17) is 0 Å². The number of aromatic nitrogens is 1. The van der Waals surface area contributed by atoms with Crippen molar-refractivity contribution in [3.05, 3.63) is 14.5 Å². The molecule has 0 saturated heterocycles. The van der Waals surface area contributed by atoms with Gasteiger partial charge in [-0.3, -0.25) is 0 Å². The van der Waals surface area contributed by atoms with Crippen LogP contribution >= 0.6 is 27.3 Å². The summed E-state index contributed by atoms with van der Waals surface area (Å²) in [6, 6.07) is 0. The number of hydrogen-bond acceptors (Lipinski definition) is 2. The summed E-state index contributed by atoms with van der Waals surface area (Å²) < 4.78 is 1.16. The minimum atomic E-state index is 0.551. The van der Waals surface area contributed by atoms with Gasteiger partial charge in [0.1, 0.15) is 0 Å². The second kappa shape index (κ2) is 3.01. The Kier molecular flexibility index (Phi) is 2.47. The molecule has 0 aliphatic rings. The average Bonchev–Trinajstić information content (AvgIpc) is 2.13. The van der Waals surface area contributed by atoms with Crippen LogP contribution in [-0.2, 0) is 0 Å². The number of rotatable bonds is 1. The molecule has 0 radical (unpaired) electrons. The van der Waals surface area contributed by atoms with E-state index in [0.717, 1.165) is 9.48 Å². The van der Waals surface area contributed by atoms with Crippen LogP contribution in [0.4, 0.5) is 0 Å². The number of aryl methyl sites for hydroxylation is 1. The van der Waals surface area contributed by atoms with E-state index < -0.39 is 0 Å². The maximum Gasteiger partial charge on any atom is 0.0965 e. The molecule has 0 N–H and O–H groups in total. The molecule has 1 heterocycles. The molecule has 0 aliphatic carbocycles. The van der Waals surface area contributed by atoms with Gasteiger partial charge >= 0.3 is 0 Å². The van der Waals surface area contributed by atoms with Crippen LogP contribution in [0.3, 0.4) is 0 Å². The first kappa shape index (κ1) is 8.21. The minimum Gasteiger partial charge on any atom is -0.245 e. The Balaban J connectivity index is 2.98. The Bertz CT molecular complexity index is 210. The number of nitrogens with zero attached hydrogens (tertiary/aromatic N) is 1. The molecule has 0 fully saturated rings. The van der Waals surface area contributed by atoms with Crippen molar-refractivity contribution in [1.29, 1.82) is 0 Å². The second-order valence-corrected chi connectivity index (χ2v) is 4.91. The minimum absolute atomic E-state index is 0.551. The number of thiazole rings is 1. The van der Waals surface area contributed by atoms with Gasteiger partial charge in [-0.15, -0.1) is 11.3 Å². The third-order valence-electron chi connectivity index (χ3n) is 1.25. The first-order valence-electron chi connectivity index (χ1n) is 3.24. The molecule has 1 rings (SSSR count). The van der Waals surface area contributed by atoms with E-state index in [1.165, 1.54) is 5.01 Å². The fraction of sp³-hybridized carbons (Fsp3) is 0.571. The zero-order valence-corrected chi connectivity index (χ0v) is 8.71. The van der Waals surface area contributed by atoms with Crippen molar-refractivity contribution >= 4 is 27.3 Å². The molecular weight excluding hydrogens is 210 g/mol. The van der Waals surface area contributed by atoms with Crippen molar-refractivity contribution in [3.8, 4) is 0 Å². The molecule has 1 aromatic heterocycles. The first-order chi connectivity index (χ1) is 4.61. The van der Waals surface area contributed by atoms with E-state index >= 15 is 0 Å². The van der Waals surface area contributed by atoms with E-state index in [0.29, 0.717) is 5.92 Å². The maximum absolute atomic E-state index is 4.38. The Hall–Kier alpha value is 0.110. The van der Waals surface area contributed by atoms with Gasteiger partial charge in [0, 0.05) is 5.92 Å². The molecule has 0 aliphatic heterocycles. The molecule has 0 bridgehead atoms. The van der Waals surface area contributed by atoms with Crippen molar-refractivity contribution in [3.63, 3.8) is 0 Å². The predicted octanol–water partition coefficient (Wildman–Crippen LogP) is 3.34. The SMILES string of the molecule is Cc1nc(C(C)C)sc1Br. The molecule has 1 aromatic rings. The van der Waals surface area contributed by atoms with Gasteiger partial charge in [0.05, 0.1) is 14.5 Å². The van der Waals surface area contributed by atoms with Crippen LogP contribution in [0.2, 0.25) is 0 Å². The normalized spacial score (nSPS) is 10.9. The van der Waals surface area contributed by atoms with Gasteiger partial charge in [-0.05, 0) is 22.9 Å². The van der Waals surface area contributed by atoms with Crippen molar-refractivity contribution in [2.75, 3.05) is 0 Å². The molecule has 0 aromatic carbocycles. The van der Waals surface area contributed by atoms with Crippen molar-refractivity contribution in [2.45, 2.75) is 26.7 Å². The topological polar surface area (TPSA) is 12.9 Å². The smallest absolute Gasteiger partial charge is 0.0965 e. The van der Waals surface area contributed by atoms with Crippen LogP contribution in [0.25, 0.3) is 0 Å². The molecule has 0 unspecified atom stereocenters. The van der Waals surface area contributed by atoms with Crippen molar-refractivity contribution in [1.82, 2.24) is 4.98 Å². The van der Waals surface area contributed by atoms with Gasteiger partial charge in [-0.2, -0.15) is 0 Å². The Morgan fingerprint density at radius 3 is 2.30 bits per heavy atom. The van der Waals surface area contributed by atoms with Crippen LogP contribution in [-0.4, -0.2) is 4.98 Å². The summed E-state index contributed by atoms with van der Waals surface area (Å²) in [6.07, 6.45) is 0. The third kappa shape index (κ3) is 1.58. The molecule has 10 heavy (non-hydrogen) atoms. The summed E-state index contributed by atoms with van der Waals surface area (Å²) in [5.41, 5.74) is 1.11. The van der Waals surface area contributed by atoms with Gasteiger partial charge in [-0.25, -0.2) is 4.98 Å². The summed E-state index contributed by atoms with van der Waals surface area (Å²) in [6.45, 7) is 6.34. The highest BCUT2D eigenvalue weighted by Crippen LogP contribution is 2.28. The van der Waals surface area contributed by atoms with E-state index in [1.807, 2.05) is 6.92 Å². The molecule has 0 spiro atoms. The molecule has 0 saturated carbocycles. The summed E-state index contributed by atoms with van der Waals surface area (Å²) in [7, 11) is 0. The quantitative estimate of drug-likeness (QED) is 0.707. The highest BCUT2D eigenvalue weighted by atomic mass is 79.9. The second-order valence-electron chi connectivity index (χ2n) is 2.57. The summed E-state index contributed by atoms with van der Waals surface area (Å²) in [4.78, 5) is 4.38. The van der Waals surface area contributed by atoms with E-state index in [9.17, 15) is 0 Å². The van der Waals surface area contributed by atoms with Crippen LogP contribution in [0.5, 0.6) is 0 Å². The average molecular weight is 220 g/mol. The standard InChI is InChI=1S/C7H10BrNS/c1-4(2)7-9-5(3)6(8)10-7/h4H,1-3H3. The van der Waals surface area contributed by atoms with Crippen LogP contribution in [0.15, 0.2) is 3.79 Å². The molecule has 0 amide bonds. The van der Waals surface area contributed by atoms with Gasteiger partial charge in [0.25, 0.3) is 0 Å². The molecule has 1 nitrogen and oxygen atoms in total. The van der Waals surface area contributed by atoms with E-state index in [-0.39, 0.29) is 0 Å². The lowest BCUT2D eigenvalue weighted by Gasteiger charge is -1.94. The van der Waals surface area contributed by atoms with Gasteiger partial charge in [-0.1, -0.05) is 13.8 Å². The maximum atomic E-state index is 4.38. The Morgan fingerprint density at radius 1 is 1.50 bits per heavy atom. The fourth-order valence-corrected chi connectivity index (χ4v) is 2.03. The lowest BCUT2D eigenvalue weighted by molar-refractivity contribution is 0.847. The lowest BCUT2D eigenvalue weighted by atomic mass is 10.2. The lowest BCUT2D eigenvalue weighted by Crippen LogP contribution is -1.83. The largest absolute Gasteiger partial charge is 0.245 e. The Labute approximate surface area is 73.6 Å². The van der Waals surface area contributed by atoms with Crippen LogP contribution in [0.1, 0.15) is 30.5 Å². The van der Waals surface area contributed by atoms with E-state index in [2.05, 4.69) is 34.8 Å². The first-order valence-corrected chi connectivity index (χ1v) is 4.85. The van der Waals surface area contributed by atoms with Gasteiger partial charge < -0.3 is 0 Å². The highest BCUT2D eigenvalue weighted by molar-refractivity contribution is 9.11. The van der Waals surface area contributed by atoms with Crippen LogP contribution in [0, 0.1) is 6.92 Å². The summed E-state index contributed by atoms with van der Waals surface area (Å²) in [5.74, 6) is 0.551. The number of halogens is 1. The monoisotopic (exact) mass is 219 g/mol. The van der Waals surface area contributed by atoms with Crippen molar-refractivity contribution < 1.29 is 0 Å². The molecular formula is C7H10BrNS. The predicted molar refractivity (Wildman–Crippen MR) is 48.6 cm³/mol. The fourth-order valence-electron chi connectivity index (χ4n) is 0.645. The molecule has 56 valence electrons. The van der Waals surface area contributed by atoms with Crippen molar-refractivity contribution in [2.24, 2.45) is 0 Å². The molecule has 3 heteroatoms. The zero-order valence-electron chi connectivity index (χ0n) is 6.31.